The van der Waals surface area contributed by atoms with E-state index in [0.717, 1.165) is 56.7 Å². The van der Waals surface area contributed by atoms with Crippen LogP contribution in [0.5, 0.6) is 0 Å². The van der Waals surface area contributed by atoms with E-state index in [1.165, 1.54) is 12.8 Å². The van der Waals surface area contributed by atoms with Crippen molar-refractivity contribution in [1.29, 1.82) is 0 Å². The molecule has 2 fully saturated rings. The predicted octanol–water partition coefficient (Wildman–Crippen LogP) is 5.21. The first kappa shape index (κ1) is 26.0. The Hall–Kier alpha value is -3.30. The maximum Gasteiger partial charge on any atom is 0.254 e. The van der Waals surface area contributed by atoms with Crippen molar-refractivity contribution in [3.8, 4) is 11.3 Å². The van der Waals surface area contributed by atoms with Crippen LogP contribution in [-0.4, -0.2) is 71.0 Å². The fourth-order valence-electron chi connectivity index (χ4n) is 5.84. The van der Waals surface area contributed by atoms with E-state index in [0.29, 0.717) is 36.0 Å². The van der Waals surface area contributed by atoms with Crippen molar-refractivity contribution in [3.05, 3.63) is 70.4 Å². The van der Waals surface area contributed by atoms with Crippen molar-refractivity contribution >= 4 is 29.1 Å². The van der Waals surface area contributed by atoms with E-state index >= 15 is 0 Å². The molecule has 3 aliphatic heterocycles. The third-order valence-electron chi connectivity index (χ3n) is 7.95. The fraction of sp³-hybridized carbons (Fsp3) is 0.414. The molecule has 1 atom stereocenters. The molecule has 0 spiro atoms. The number of carbonyl (C=O) groups excluding carboxylic acids is 1. The van der Waals surface area contributed by atoms with Gasteiger partial charge in [0.1, 0.15) is 11.6 Å². The second-order valence-corrected chi connectivity index (χ2v) is 10.9. The molecule has 0 aliphatic carbocycles. The lowest BCUT2D eigenvalue weighted by atomic mass is 10.1. The zero-order valence-electron chi connectivity index (χ0n) is 21.7. The number of nitrogens with one attached hydrogen (secondary N) is 1. The summed E-state index contributed by atoms with van der Waals surface area (Å²) < 4.78 is 28.5. The van der Waals surface area contributed by atoms with E-state index in [1.54, 1.807) is 6.20 Å². The minimum atomic E-state index is -0.658. The van der Waals surface area contributed by atoms with Crippen molar-refractivity contribution in [1.82, 2.24) is 19.8 Å². The Morgan fingerprint density at radius 2 is 1.77 bits per heavy atom. The summed E-state index contributed by atoms with van der Waals surface area (Å²) in [5.41, 5.74) is 2.19. The second-order valence-electron chi connectivity index (χ2n) is 10.5. The minimum Gasteiger partial charge on any atom is -0.365 e. The first-order chi connectivity index (χ1) is 19.0. The highest BCUT2D eigenvalue weighted by Crippen LogP contribution is 2.32. The zero-order chi connectivity index (χ0) is 26.9. The average Bonchev–Trinajstić information content (AvgIpc) is 3.65. The van der Waals surface area contributed by atoms with E-state index in [4.69, 9.17) is 16.6 Å². The molecule has 3 aromatic rings. The molecule has 1 N–H and O–H groups in total. The summed E-state index contributed by atoms with van der Waals surface area (Å²) in [6.45, 7) is 5.20. The summed E-state index contributed by atoms with van der Waals surface area (Å²) in [6, 6.07) is 9.86. The number of halogens is 3. The summed E-state index contributed by atoms with van der Waals surface area (Å²) in [4.78, 5) is 29.1. The van der Waals surface area contributed by atoms with E-state index in [-0.39, 0.29) is 29.1 Å². The van der Waals surface area contributed by atoms with E-state index in [9.17, 15) is 13.6 Å². The summed E-state index contributed by atoms with van der Waals surface area (Å²) in [5.74, 6) is -0.0341. The molecule has 7 nitrogen and oxygen atoms in total. The summed E-state index contributed by atoms with van der Waals surface area (Å²) in [5, 5.41) is 2.99. The molecule has 39 heavy (non-hydrogen) atoms. The van der Waals surface area contributed by atoms with E-state index in [1.807, 2.05) is 34.1 Å². The highest BCUT2D eigenvalue weighted by molar-refractivity contribution is 6.31. The van der Waals surface area contributed by atoms with Gasteiger partial charge in [-0.2, -0.15) is 0 Å². The molecule has 1 aromatic heterocycles. The number of carbonyl (C=O) groups is 1. The van der Waals surface area contributed by atoms with Gasteiger partial charge in [-0.3, -0.25) is 4.79 Å². The Kier molecular flexibility index (Phi) is 7.36. The Bertz CT molecular complexity index is 1360. The maximum absolute atomic E-state index is 14.5. The molecule has 204 valence electrons. The molecule has 10 heteroatoms. The zero-order valence-corrected chi connectivity index (χ0v) is 22.4. The van der Waals surface area contributed by atoms with Gasteiger partial charge in [-0.25, -0.2) is 18.7 Å². The standard InChI is InChI=1S/C29H31ClF2N6O/c30-26-22(23(31)9-10-24(26)32)18-37-15-11-33-27-28(37)35-25(16-34-27)19-5-7-20(8-6-19)29(39)38-14-3-4-21(38)17-36-12-1-2-13-36/h5-10,16,21H,1-4,11-15,17-18H2,(H,33,34). The number of hydrogen-bond donors (Lipinski definition) is 1. The van der Waals surface area contributed by atoms with Crippen LogP contribution in [0.4, 0.5) is 20.4 Å². The van der Waals surface area contributed by atoms with Crippen LogP contribution in [0.25, 0.3) is 11.3 Å². The van der Waals surface area contributed by atoms with Crippen LogP contribution in [0.15, 0.2) is 42.6 Å². The smallest absolute Gasteiger partial charge is 0.254 e. The Labute approximate surface area is 231 Å². The molecule has 2 aromatic carbocycles. The largest absolute Gasteiger partial charge is 0.365 e. The Morgan fingerprint density at radius 3 is 2.56 bits per heavy atom. The van der Waals surface area contributed by atoms with Crippen LogP contribution >= 0.6 is 11.6 Å². The van der Waals surface area contributed by atoms with Crippen molar-refractivity contribution in [2.24, 2.45) is 0 Å². The lowest BCUT2D eigenvalue weighted by Gasteiger charge is -2.30. The van der Waals surface area contributed by atoms with Crippen LogP contribution in [0.3, 0.4) is 0 Å². The number of likely N-dealkylation sites (tertiary alicyclic amines) is 2. The van der Waals surface area contributed by atoms with Gasteiger partial charge in [-0.05, 0) is 63.0 Å². The average molecular weight is 553 g/mol. The number of rotatable bonds is 6. The van der Waals surface area contributed by atoms with Gasteiger partial charge in [0.2, 0.25) is 0 Å². The van der Waals surface area contributed by atoms with E-state index < -0.39 is 11.6 Å². The van der Waals surface area contributed by atoms with Crippen LogP contribution in [0.1, 0.15) is 41.6 Å². The predicted molar refractivity (Wildman–Crippen MR) is 148 cm³/mol. The maximum atomic E-state index is 14.5. The quantitative estimate of drug-likeness (QED) is 0.424. The van der Waals surface area contributed by atoms with E-state index in [2.05, 4.69) is 15.2 Å². The van der Waals surface area contributed by atoms with Crippen molar-refractivity contribution in [3.63, 3.8) is 0 Å². The number of anilines is 2. The molecule has 3 aliphatic rings. The first-order valence-electron chi connectivity index (χ1n) is 13.6. The van der Waals surface area contributed by atoms with Crippen LogP contribution in [-0.2, 0) is 6.54 Å². The summed E-state index contributed by atoms with van der Waals surface area (Å²) >= 11 is 6.08. The van der Waals surface area contributed by atoms with Crippen LogP contribution in [0, 0.1) is 11.6 Å². The second kappa shape index (κ2) is 11.1. The van der Waals surface area contributed by atoms with Gasteiger partial charge in [0, 0.05) is 55.5 Å². The number of aromatic nitrogens is 2. The summed E-state index contributed by atoms with van der Waals surface area (Å²) in [7, 11) is 0. The molecule has 0 saturated carbocycles. The third-order valence-corrected chi connectivity index (χ3v) is 8.36. The van der Waals surface area contributed by atoms with Gasteiger partial charge in [-0.15, -0.1) is 0 Å². The molecule has 4 heterocycles. The van der Waals surface area contributed by atoms with Crippen molar-refractivity contribution in [2.75, 3.05) is 49.5 Å². The summed E-state index contributed by atoms with van der Waals surface area (Å²) in [6.07, 6.45) is 6.27. The molecule has 0 radical (unpaired) electrons. The van der Waals surface area contributed by atoms with Crippen LogP contribution in [0.2, 0.25) is 5.02 Å². The number of amides is 1. The Morgan fingerprint density at radius 1 is 1.00 bits per heavy atom. The lowest BCUT2D eigenvalue weighted by Crippen LogP contribution is -2.42. The fourth-order valence-corrected chi connectivity index (χ4v) is 6.06. The number of hydrogen-bond acceptors (Lipinski definition) is 6. The molecule has 6 rings (SSSR count). The highest BCUT2D eigenvalue weighted by Gasteiger charge is 2.31. The normalized spacial score (nSPS) is 19.3. The van der Waals surface area contributed by atoms with Gasteiger partial charge < -0.3 is 20.0 Å². The molecule has 2 saturated heterocycles. The monoisotopic (exact) mass is 552 g/mol. The molecule has 1 amide bonds. The SMILES string of the molecule is O=C(c1ccc(-c2cnc3c(n2)N(Cc2c(F)ccc(F)c2Cl)CCN3)cc1)N1CCCC1CN1CCCC1. The number of benzene rings is 2. The molecule has 0 bridgehead atoms. The number of fused-ring (bicyclic) bond motifs is 1. The molecular formula is C29H31ClF2N6O. The van der Waals surface area contributed by atoms with Crippen LogP contribution < -0.4 is 10.2 Å². The van der Waals surface area contributed by atoms with Gasteiger partial charge in [0.25, 0.3) is 5.91 Å². The van der Waals surface area contributed by atoms with Gasteiger partial charge in [0.15, 0.2) is 11.6 Å². The van der Waals surface area contributed by atoms with Gasteiger partial charge in [-0.1, -0.05) is 23.7 Å². The topological polar surface area (TPSA) is 64.6 Å². The van der Waals surface area contributed by atoms with Crippen molar-refractivity contribution in [2.45, 2.75) is 38.3 Å². The van der Waals surface area contributed by atoms with Crippen molar-refractivity contribution < 1.29 is 13.6 Å². The molecule has 1 unspecified atom stereocenters. The number of nitrogens with zero attached hydrogens (tertiary/aromatic N) is 5. The highest BCUT2D eigenvalue weighted by atomic mass is 35.5. The third kappa shape index (κ3) is 5.30. The lowest BCUT2D eigenvalue weighted by molar-refractivity contribution is 0.0709. The van der Waals surface area contributed by atoms with Gasteiger partial charge >= 0.3 is 0 Å². The Balaban J connectivity index is 1.20. The van der Waals surface area contributed by atoms with Gasteiger partial charge in [0.05, 0.1) is 16.9 Å². The molecular weight excluding hydrogens is 522 g/mol. The minimum absolute atomic E-state index is 0.0666. The first-order valence-corrected chi connectivity index (χ1v) is 14.0.